The van der Waals surface area contributed by atoms with Gasteiger partial charge in [-0.25, -0.2) is 0 Å². The molecule has 1 N–H and O–H groups in total. The van der Waals surface area contributed by atoms with Gasteiger partial charge in [-0.05, 0) is 35.2 Å². The van der Waals surface area contributed by atoms with Crippen molar-refractivity contribution in [1.82, 2.24) is 5.32 Å². The zero-order valence-electron chi connectivity index (χ0n) is 10.7. The number of alkyl halides is 3. The minimum absolute atomic E-state index is 0.0761. The standard InChI is InChI=1S/C16H14F3N/c17-16(18,19)14-7-5-11(6-8-14)15-9-12-3-1-2-4-13(12)10-20-15/h1-8,15,20H,9-10H2. The maximum atomic E-state index is 12.5. The second-order valence-electron chi connectivity index (χ2n) is 5.03. The summed E-state index contributed by atoms with van der Waals surface area (Å²) in [7, 11) is 0. The fraction of sp³-hybridized carbons (Fsp3) is 0.250. The Morgan fingerprint density at radius 2 is 1.55 bits per heavy atom. The van der Waals surface area contributed by atoms with Gasteiger partial charge in [0, 0.05) is 12.6 Å². The van der Waals surface area contributed by atoms with E-state index in [0.717, 1.165) is 30.7 Å². The van der Waals surface area contributed by atoms with E-state index in [2.05, 4.69) is 17.4 Å². The lowest BCUT2D eigenvalue weighted by Crippen LogP contribution is -2.28. The number of hydrogen-bond donors (Lipinski definition) is 1. The molecule has 0 aliphatic carbocycles. The third kappa shape index (κ3) is 2.56. The van der Waals surface area contributed by atoms with Crippen molar-refractivity contribution >= 4 is 0 Å². The molecule has 0 fully saturated rings. The summed E-state index contributed by atoms with van der Waals surface area (Å²) >= 11 is 0. The van der Waals surface area contributed by atoms with Gasteiger partial charge in [0.1, 0.15) is 0 Å². The third-order valence-corrected chi connectivity index (χ3v) is 3.72. The van der Waals surface area contributed by atoms with Crippen molar-refractivity contribution in [3.05, 3.63) is 70.8 Å². The van der Waals surface area contributed by atoms with E-state index in [0.29, 0.717) is 0 Å². The van der Waals surface area contributed by atoms with Crippen LogP contribution in [0.25, 0.3) is 0 Å². The first-order valence-corrected chi connectivity index (χ1v) is 6.51. The molecule has 1 heterocycles. The second kappa shape index (κ2) is 4.94. The van der Waals surface area contributed by atoms with Crippen LogP contribution in [0.15, 0.2) is 48.5 Å². The Morgan fingerprint density at radius 1 is 0.900 bits per heavy atom. The first-order chi connectivity index (χ1) is 9.54. The second-order valence-corrected chi connectivity index (χ2v) is 5.03. The predicted molar refractivity (Wildman–Crippen MR) is 71.2 cm³/mol. The molecule has 0 aromatic heterocycles. The van der Waals surface area contributed by atoms with Crippen LogP contribution in [0.2, 0.25) is 0 Å². The molecule has 0 bridgehead atoms. The van der Waals surface area contributed by atoms with Crippen LogP contribution in [0.5, 0.6) is 0 Å². The Balaban J connectivity index is 1.81. The van der Waals surface area contributed by atoms with Crippen LogP contribution in [-0.2, 0) is 19.1 Å². The van der Waals surface area contributed by atoms with Gasteiger partial charge in [0.15, 0.2) is 0 Å². The quantitative estimate of drug-likeness (QED) is 0.827. The Labute approximate surface area is 115 Å². The molecule has 20 heavy (non-hydrogen) atoms. The van der Waals surface area contributed by atoms with Crippen molar-refractivity contribution in [2.24, 2.45) is 0 Å². The Kier molecular flexibility index (Phi) is 3.26. The zero-order valence-corrected chi connectivity index (χ0v) is 10.7. The van der Waals surface area contributed by atoms with E-state index in [1.165, 1.54) is 11.1 Å². The third-order valence-electron chi connectivity index (χ3n) is 3.72. The summed E-state index contributed by atoms with van der Waals surface area (Å²) in [6.07, 6.45) is -3.47. The number of benzene rings is 2. The fourth-order valence-electron chi connectivity index (χ4n) is 2.59. The Morgan fingerprint density at radius 3 is 2.20 bits per heavy atom. The van der Waals surface area contributed by atoms with Crippen molar-refractivity contribution in [3.63, 3.8) is 0 Å². The fourth-order valence-corrected chi connectivity index (χ4v) is 2.59. The molecule has 1 nitrogen and oxygen atoms in total. The maximum absolute atomic E-state index is 12.5. The van der Waals surface area contributed by atoms with E-state index in [9.17, 15) is 13.2 Å². The molecule has 104 valence electrons. The van der Waals surface area contributed by atoms with Crippen LogP contribution in [0.4, 0.5) is 13.2 Å². The number of hydrogen-bond acceptors (Lipinski definition) is 1. The predicted octanol–water partition coefficient (Wildman–Crippen LogP) is 4.09. The summed E-state index contributed by atoms with van der Waals surface area (Å²) in [6.45, 7) is 0.752. The van der Waals surface area contributed by atoms with Crippen LogP contribution in [-0.4, -0.2) is 0 Å². The summed E-state index contributed by atoms with van der Waals surface area (Å²) < 4.78 is 37.6. The molecule has 2 aromatic rings. The van der Waals surface area contributed by atoms with Crippen LogP contribution >= 0.6 is 0 Å². The Bertz CT molecular complexity index is 602. The van der Waals surface area contributed by atoms with Gasteiger partial charge in [-0.1, -0.05) is 36.4 Å². The van der Waals surface area contributed by atoms with Crippen LogP contribution in [0.3, 0.4) is 0 Å². The van der Waals surface area contributed by atoms with Gasteiger partial charge in [-0.3, -0.25) is 0 Å². The molecule has 3 rings (SSSR count). The lowest BCUT2D eigenvalue weighted by molar-refractivity contribution is -0.137. The molecule has 0 amide bonds. The van der Waals surface area contributed by atoms with E-state index in [1.807, 2.05) is 12.1 Å². The monoisotopic (exact) mass is 277 g/mol. The highest BCUT2D eigenvalue weighted by Gasteiger charge is 2.30. The highest BCUT2D eigenvalue weighted by Crippen LogP contribution is 2.31. The highest BCUT2D eigenvalue weighted by atomic mass is 19.4. The maximum Gasteiger partial charge on any atom is 0.416 e. The van der Waals surface area contributed by atoms with E-state index < -0.39 is 11.7 Å². The van der Waals surface area contributed by atoms with Crippen LogP contribution in [0.1, 0.15) is 28.3 Å². The topological polar surface area (TPSA) is 12.0 Å². The summed E-state index contributed by atoms with van der Waals surface area (Å²) in [5.74, 6) is 0. The lowest BCUT2D eigenvalue weighted by Gasteiger charge is -2.26. The average molecular weight is 277 g/mol. The van der Waals surface area contributed by atoms with Gasteiger partial charge < -0.3 is 5.32 Å². The van der Waals surface area contributed by atoms with Crippen molar-refractivity contribution < 1.29 is 13.2 Å². The van der Waals surface area contributed by atoms with Gasteiger partial charge in [0.2, 0.25) is 0 Å². The van der Waals surface area contributed by atoms with Gasteiger partial charge in [0.25, 0.3) is 0 Å². The number of rotatable bonds is 1. The highest BCUT2D eigenvalue weighted by molar-refractivity contribution is 5.34. The summed E-state index contributed by atoms with van der Waals surface area (Å²) in [5.41, 5.74) is 2.82. The van der Waals surface area contributed by atoms with Gasteiger partial charge in [-0.15, -0.1) is 0 Å². The largest absolute Gasteiger partial charge is 0.416 e. The van der Waals surface area contributed by atoms with Crippen molar-refractivity contribution in [3.8, 4) is 0 Å². The first kappa shape index (κ1) is 13.2. The molecule has 0 radical (unpaired) electrons. The minimum Gasteiger partial charge on any atom is -0.306 e. The molecule has 0 saturated carbocycles. The molecule has 0 spiro atoms. The van der Waals surface area contributed by atoms with Crippen molar-refractivity contribution in [2.45, 2.75) is 25.2 Å². The molecule has 1 aliphatic heterocycles. The Hall–Kier alpha value is -1.81. The molecule has 0 saturated heterocycles. The minimum atomic E-state index is -4.27. The molecule has 4 heteroatoms. The number of nitrogens with one attached hydrogen (secondary N) is 1. The number of fused-ring (bicyclic) bond motifs is 1. The van der Waals surface area contributed by atoms with Gasteiger partial charge in [-0.2, -0.15) is 13.2 Å². The van der Waals surface area contributed by atoms with Crippen LogP contribution in [0, 0.1) is 0 Å². The SMILES string of the molecule is FC(F)(F)c1ccc(C2Cc3ccccc3CN2)cc1. The first-order valence-electron chi connectivity index (χ1n) is 6.51. The summed E-state index contributed by atoms with van der Waals surface area (Å²) in [6, 6.07) is 13.6. The summed E-state index contributed by atoms with van der Waals surface area (Å²) in [4.78, 5) is 0. The lowest BCUT2D eigenvalue weighted by atomic mass is 9.91. The molecule has 1 unspecified atom stereocenters. The average Bonchev–Trinajstić information content (AvgIpc) is 2.46. The van der Waals surface area contributed by atoms with Gasteiger partial charge >= 0.3 is 6.18 Å². The van der Waals surface area contributed by atoms with Crippen molar-refractivity contribution in [2.75, 3.05) is 0 Å². The molecular formula is C16H14F3N. The zero-order chi connectivity index (χ0) is 14.2. The van der Waals surface area contributed by atoms with Crippen LogP contribution < -0.4 is 5.32 Å². The summed E-state index contributed by atoms with van der Waals surface area (Å²) in [5, 5.41) is 3.37. The molecule has 2 aromatic carbocycles. The number of halogens is 3. The van der Waals surface area contributed by atoms with Crippen molar-refractivity contribution in [1.29, 1.82) is 0 Å². The molecule has 1 atom stereocenters. The van der Waals surface area contributed by atoms with E-state index in [1.54, 1.807) is 12.1 Å². The van der Waals surface area contributed by atoms with Gasteiger partial charge in [0.05, 0.1) is 5.56 Å². The normalized spacial score (nSPS) is 18.6. The van der Waals surface area contributed by atoms with E-state index in [-0.39, 0.29) is 6.04 Å². The smallest absolute Gasteiger partial charge is 0.306 e. The molecular weight excluding hydrogens is 263 g/mol. The van der Waals surface area contributed by atoms with E-state index in [4.69, 9.17) is 0 Å². The molecule has 1 aliphatic rings. The van der Waals surface area contributed by atoms with E-state index >= 15 is 0 Å².